The first-order valence-electron chi connectivity index (χ1n) is 6.17. The fourth-order valence-electron chi connectivity index (χ4n) is 2.32. The zero-order valence-electron chi connectivity index (χ0n) is 10.9. The summed E-state index contributed by atoms with van der Waals surface area (Å²) in [6, 6.07) is 2.17. The van der Waals surface area contributed by atoms with Gasteiger partial charge in [0.1, 0.15) is 17.0 Å². The molecule has 0 spiro atoms. The van der Waals surface area contributed by atoms with Gasteiger partial charge in [0.25, 0.3) is 0 Å². The van der Waals surface area contributed by atoms with E-state index in [1.165, 1.54) is 10.4 Å². The smallest absolute Gasteiger partial charge is 0.161 e. The number of hydrogen-bond acceptors (Lipinski definition) is 6. The second-order valence-electron chi connectivity index (χ2n) is 4.60. The summed E-state index contributed by atoms with van der Waals surface area (Å²) in [7, 11) is 0. The lowest BCUT2D eigenvalue weighted by molar-refractivity contribution is 0.0762. The van der Waals surface area contributed by atoms with Crippen LogP contribution in [0.25, 0.3) is 10.2 Å². The van der Waals surface area contributed by atoms with Crippen molar-refractivity contribution >= 4 is 27.4 Å². The molecule has 1 atom stereocenters. The quantitative estimate of drug-likeness (QED) is 0.796. The molecule has 6 heteroatoms. The number of nitrogens with zero attached hydrogens (tertiary/aromatic N) is 4. The summed E-state index contributed by atoms with van der Waals surface area (Å²) in [5, 5.41) is 10.1. The Balaban J connectivity index is 2.07. The van der Waals surface area contributed by atoms with Crippen molar-refractivity contribution in [3.8, 4) is 6.07 Å². The lowest BCUT2D eigenvalue weighted by Crippen LogP contribution is -2.42. The molecule has 3 rings (SSSR count). The maximum Gasteiger partial charge on any atom is 0.161 e. The van der Waals surface area contributed by atoms with Crippen molar-refractivity contribution in [3.63, 3.8) is 0 Å². The Hall–Kier alpha value is -1.71. The van der Waals surface area contributed by atoms with Gasteiger partial charge in [0.2, 0.25) is 0 Å². The molecule has 98 valence electrons. The minimum atomic E-state index is -0.376. The Kier molecular flexibility index (Phi) is 3.09. The van der Waals surface area contributed by atoms with Crippen LogP contribution in [0.3, 0.4) is 0 Å². The first-order chi connectivity index (χ1) is 9.20. The van der Waals surface area contributed by atoms with Crippen LogP contribution in [0.4, 0.5) is 5.82 Å². The molecule has 0 aliphatic carbocycles. The highest BCUT2D eigenvalue weighted by molar-refractivity contribution is 7.18. The zero-order valence-corrected chi connectivity index (χ0v) is 11.7. The van der Waals surface area contributed by atoms with E-state index < -0.39 is 0 Å². The standard InChI is InChI=1S/C13H14N4OS/c1-8-9(2)19-13-11(8)12(15-7-16-13)17-3-4-18-10(5-14)6-17/h7,10H,3-4,6H2,1-2H3. The Morgan fingerprint density at radius 1 is 1.47 bits per heavy atom. The van der Waals surface area contributed by atoms with Crippen molar-refractivity contribution in [1.82, 2.24) is 9.97 Å². The summed E-state index contributed by atoms with van der Waals surface area (Å²) in [6.07, 6.45) is 1.22. The van der Waals surface area contributed by atoms with E-state index in [0.717, 1.165) is 22.6 Å². The number of nitriles is 1. The van der Waals surface area contributed by atoms with Crippen molar-refractivity contribution in [3.05, 3.63) is 16.8 Å². The molecular formula is C13H14N4OS. The van der Waals surface area contributed by atoms with Crippen LogP contribution in [0.15, 0.2) is 6.33 Å². The molecule has 2 aromatic heterocycles. The van der Waals surface area contributed by atoms with Gasteiger partial charge in [0.15, 0.2) is 6.10 Å². The normalized spacial score (nSPS) is 19.6. The third-order valence-electron chi connectivity index (χ3n) is 3.46. The van der Waals surface area contributed by atoms with Gasteiger partial charge in [0.05, 0.1) is 24.6 Å². The number of aromatic nitrogens is 2. The highest BCUT2D eigenvalue weighted by Crippen LogP contribution is 2.34. The maximum absolute atomic E-state index is 9.00. The predicted octanol–water partition coefficient (Wildman–Crippen LogP) is 2.04. The lowest BCUT2D eigenvalue weighted by atomic mass is 10.2. The molecule has 0 saturated carbocycles. The number of anilines is 1. The molecule has 1 unspecified atom stereocenters. The largest absolute Gasteiger partial charge is 0.360 e. The van der Waals surface area contributed by atoms with Crippen molar-refractivity contribution in [1.29, 1.82) is 5.26 Å². The molecule has 1 aliphatic heterocycles. The number of ether oxygens (including phenoxy) is 1. The van der Waals surface area contributed by atoms with Crippen LogP contribution in [0.5, 0.6) is 0 Å². The van der Waals surface area contributed by atoms with E-state index >= 15 is 0 Å². The van der Waals surface area contributed by atoms with Gasteiger partial charge in [-0.2, -0.15) is 5.26 Å². The SMILES string of the molecule is Cc1sc2ncnc(N3CCOC(C#N)C3)c2c1C. The van der Waals surface area contributed by atoms with Crippen LogP contribution in [0.2, 0.25) is 0 Å². The second-order valence-corrected chi connectivity index (χ2v) is 5.80. The third kappa shape index (κ3) is 2.05. The van der Waals surface area contributed by atoms with E-state index in [4.69, 9.17) is 10.00 Å². The summed E-state index contributed by atoms with van der Waals surface area (Å²) >= 11 is 1.69. The molecule has 2 aromatic rings. The second kappa shape index (κ2) is 4.76. The molecule has 0 bridgehead atoms. The van der Waals surface area contributed by atoms with Gasteiger partial charge >= 0.3 is 0 Å². The number of aryl methyl sites for hydroxylation is 2. The Morgan fingerprint density at radius 3 is 3.11 bits per heavy atom. The molecule has 0 N–H and O–H groups in total. The van der Waals surface area contributed by atoms with Crippen molar-refractivity contribution in [2.75, 3.05) is 24.6 Å². The summed E-state index contributed by atoms with van der Waals surface area (Å²) in [5.74, 6) is 0.926. The van der Waals surface area contributed by atoms with Crippen molar-refractivity contribution in [2.45, 2.75) is 20.0 Å². The fourth-order valence-corrected chi connectivity index (χ4v) is 3.31. The number of rotatable bonds is 1. The molecule has 0 amide bonds. The summed E-state index contributed by atoms with van der Waals surface area (Å²) in [4.78, 5) is 13.2. The number of morpholine rings is 1. The van der Waals surface area contributed by atoms with E-state index in [1.807, 2.05) is 0 Å². The van der Waals surface area contributed by atoms with Crippen molar-refractivity contribution < 1.29 is 4.74 Å². The fraction of sp³-hybridized carbons (Fsp3) is 0.462. The average Bonchev–Trinajstić information content (AvgIpc) is 2.74. The number of fused-ring (bicyclic) bond motifs is 1. The van der Waals surface area contributed by atoms with Gasteiger partial charge in [-0.25, -0.2) is 9.97 Å². The average molecular weight is 274 g/mol. The van der Waals surface area contributed by atoms with Gasteiger partial charge in [-0.3, -0.25) is 0 Å². The van der Waals surface area contributed by atoms with E-state index in [2.05, 4.69) is 34.8 Å². The zero-order chi connectivity index (χ0) is 13.4. The number of thiophene rings is 1. The summed E-state index contributed by atoms with van der Waals surface area (Å²) < 4.78 is 5.38. The molecule has 5 nitrogen and oxygen atoms in total. The Labute approximate surface area is 115 Å². The van der Waals surface area contributed by atoms with Crippen molar-refractivity contribution in [2.24, 2.45) is 0 Å². The Morgan fingerprint density at radius 2 is 2.32 bits per heavy atom. The van der Waals surface area contributed by atoms with E-state index in [-0.39, 0.29) is 6.10 Å². The predicted molar refractivity (Wildman–Crippen MR) is 74.5 cm³/mol. The molecule has 19 heavy (non-hydrogen) atoms. The van der Waals surface area contributed by atoms with Crippen LogP contribution in [-0.4, -0.2) is 35.8 Å². The first kappa shape index (κ1) is 12.3. The van der Waals surface area contributed by atoms with E-state index in [0.29, 0.717) is 13.2 Å². The van der Waals surface area contributed by atoms with Crippen LogP contribution < -0.4 is 4.90 Å². The molecule has 0 aromatic carbocycles. The van der Waals surface area contributed by atoms with Gasteiger partial charge in [0, 0.05) is 11.4 Å². The van der Waals surface area contributed by atoms with Crippen LogP contribution in [0, 0.1) is 25.2 Å². The Bertz CT molecular complexity index is 660. The van der Waals surface area contributed by atoms with Gasteiger partial charge < -0.3 is 9.64 Å². The molecule has 1 fully saturated rings. The van der Waals surface area contributed by atoms with Gasteiger partial charge in [-0.15, -0.1) is 11.3 Å². The van der Waals surface area contributed by atoms with Crippen LogP contribution >= 0.6 is 11.3 Å². The first-order valence-corrected chi connectivity index (χ1v) is 6.99. The molecule has 1 aliphatic rings. The molecule has 1 saturated heterocycles. The lowest BCUT2D eigenvalue weighted by Gasteiger charge is -2.31. The topological polar surface area (TPSA) is 62.0 Å². The molecular weight excluding hydrogens is 260 g/mol. The number of hydrogen-bond donors (Lipinski definition) is 0. The maximum atomic E-state index is 9.00. The third-order valence-corrected chi connectivity index (χ3v) is 4.57. The molecule has 0 radical (unpaired) electrons. The monoisotopic (exact) mass is 274 g/mol. The van der Waals surface area contributed by atoms with Gasteiger partial charge in [-0.05, 0) is 19.4 Å². The van der Waals surface area contributed by atoms with E-state index in [1.54, 1.807) is 17.7 Å². The summed E-state index contributed by atoms with van der Waals surface area (Å²) in [6.45, 7) is 6.09. The van der Waals surface area contributed by atoms with Gasteiger partial charge in [-0.1, -0.05) is 0 Å². The highest BCUT2D eigenvalue weighted by atomic mass is 32.1. The van der Waals surface area contributed by atoms with Crippen LogP contribution in [0.1, 0.15) is 10.4 Å². The highest BCUT2D eigenvalue weighted by Gasteiger charge is 2.24. The molecule has 3 heterocycles. The van der Waals surface area contributed by atoms with E-state index in [9.17, 15) is 0 Å². The minimum Gasteiger partial charge on any atom is -0.360 e. The minimum absolute atomic E-state index is 0.376. The summed E-state index contributed by atoms with van der Waals surface area (Å²) in [5.41, 5.74) is 1.23. The van der Waals surface area contributed by atoms with Crippen LogP contribution in [-0.2, 0) is 4.74 Å².